The van der Waals surface area contributed by atoms with E-state index in [0.717, 1.165) is 19.6 Å². The van der Waals surface area contributed by atoms with Crippen molar-refractivity contribution >= 4 is 17.4 Å². The summed E-state index contributed by atoms with van der Waals surface area (Å²) in [6, 6.07) is 9.68. The van der Waals surface area contributed by atoms with Gasteiger partial charge in [0, 0.05) is 44.1 Å². The topological polar surface area (TPSA) is 92.2 Å². The molecule has 2 aliphatic heterocycles. The monoisotopic (exact) mass is 437 g/mol. The molecule has 1 atom stereocenters. The molecule has 32 heavy (non-hydrogen) atoms. The SMILES string of the molecule is COc1cccc(/C(O)=C2\C(=O)C(=O)N(CCCN3CCOCC3)[C@H]2c2cccnc2)c1. The molecular weight excluding hydrogens is 410 g/mol. The van der Waals surface area contributed by atoms with Crippen molar-refractivity contribution in [1.82, 2.24) is 14.8 Å². The van der Waals surface area contributed by atoms with Crippen LogP contribution >= 0.6 is 0 Å². The van der Waals surface area contributed by atoms with Gasteiger partial charge in [-0.15, -0.1) is 0 Å². The van der Waals surface area contributed by atoms with Crippen LogP contribution in [-0.2, 0) is 14.3 Å². The van der Waals surface area contributed by atoms with Gasteiger partial charge in [0.2, 0.25) is 0 Å². The molecule has 168 valence electrons. The number of likely N-dealkylation sites (tertiary alicyclic amines) is 1. The van der Waals surface area contributed by atoms with Crippen molar-refractivity contribution in [2.45, 2.75) is 12.5 Å². The Morgan fingerprint density at radius 2 is 2.00 bits per heavy atom. The number of Topliss-reactive ketones (excluding diaryl/α,β-unsaturated/α-hetero) is 1. The third-order valence-corrected chi connectivity index (χ3v) is 5.86. The zero-order chi connectivity index (χ0) is 22.5. The van der Waals surface area contributed by atoms with Crippen molar-refractivity contribution in [3.8, 4) is 5.75 Å². The summed E-state index contributed by atoms with van der Waals surface area (Å²) in [5.41, 5.74) is 1.18. The number of morpholine rings is 1. The van der Waals surface area contributed by atoms with Crippen molar-refractivity contribution in [1.29, 1.82) is 0 Å². The molecule has 2 saturated heterocycles. The molecule has 0 saturated carbocycles. The fourth-order valence-electron chi connectivity index (χ4n) is 4.21. The van der Waals surface area contributed by atoms with Gasteiger partial charge in [-0.1, -0.05) is 18.2 Å². The molecule has 0 unspecified atom stereocenters. The Bertz CT molecular complexity index is 1000. The number of amides is 1. The van der Waals surface area contributed by atoms with Crippen LogP contribution < -0.4 is 4.74 Å². The highest BCUT2D eigenvalue weighted by Gasteiger charge is 2.45. The molecule has 8 nitrogen and oxygen atoms in total. The summed E-state index contributed by atoms with van der Waals surface area (Å²) in [5, 5.41) is 11.1. The summed E-state index contributed by atoms with van der Waals surface area (Å²) in [4.78, 5) is 34.0. The number of ether oxygens (including phenoxy) is 2. The normalized spacial score (nSPS) is 21.2. The summed E-state index contributed by atoms with van der Waals surface area (Å²) in [6.07, 6.45) is 3.98. The molecule has 2 fully saturated rings. The van der Waals surface area contributed by atoms with Crippen LogP contribution in [0.5, 0.6) is 5.75 Å². The lowest BCUT2D eigenvalue weighted by atomic mass is 9.96. The van der Waals surface area contributed by atoms with Crippen molar-refractivity contribution in [2.75, 3.05) is 46.5 Å². The summed E-state index contributed by atoms with van der Waals surface area (Å²) >= 11 is 0. The van der Waals surface area contributed by atoms with E-state index in [1.807, 2.05) is 6.07 Å². The summed E-state index contributed by atoms with van der Waals surface area (Å²) in [7, 11) is 1.53. The van der Waals surface area contributed by atoms with E-state index in [4.69, 9.17) is 9.47 Å². The number of carbonyl (C=O) groups excluding carboxylic acids is 2. The quantitative estimate of drug-likeness (QED) is 0.403. The van der Waals surface area contributed by atoms with Gasteiger partial charge in [0.1, 0.15) is 11.5 Å². The first-order valence-corrected chi connectivity index (χ1v) is 10.7. The van der Waals surface area contributed by atoms with E-state index in [-0.39, 0.29) is 11.3 Å². The van der Waals surface area contributed by atoms with Crippen LogP contribution in [0.2, 0.25) is 0 Å². The fraction of sp³-hybridized carbons (Fsp3) is 0.375. The number of aliphatic hydroxyl groups excluding tert-OH is 1. The van der Waals surface area contributed by atoms with Gasteiger partial charge >= 0.3 is 0 Å². The van der Waals surface area contributed by atoms with E-state index in [0.29, 0.717) is 43.1 Å². The largest absolute Gasteiger partial charge is 0.507 e. The molecule has 0 radical (unpaired) electrons. The number of rotatable bonds is 7. The Morgan fingerprint density at radius 3 is 2.72 bits per heavy atom. The second kappa shape index (κ2) is 9.93. The zero-order valence-electron chi connectivity index (χ0n) is 18.1. The molecule has 8 heteroatoms. The molecule has 1 N–H and O–H groups in total. The molecule has 1 amide bonds. The van der Waals surface area contributed by atoms with Gasteiger partial charge < -0.3 is 19.5 Å². The summed E-state index contributed by atoms with van der Waals surface area (Å²) in [6.45, 7) is 4.35. The first kappa shape index (κ1) is 22.0. The van der Waals surface area contributed by atoms with Crippen molar-refractivity contribution < 1.29 is 24.2 Å². The van der Waals surface area contributed by atoms with Gasteiger partial charge in [-0.25, -0.2) is 0 Å². The molecule has 3 heterocycles. The van der Waals surface area contributed by atoms with Crippen LogP contribution in [0.1, 0.15) is 23.6 Å². The predicted molar refractivity (Wildman–Crippen MR) is 118 cm³/mol. The molecule has 1 aromatic carbocycles. The Kier molecular flexibility index (Phi) is 6.82. The number of ketones is 1. The number of pyridine rings is 1. The zero-order valence-corrected chi connectivity index (χ0v) is 18.1. The lowest BCUT2D eigenvalue weighted by Crippen LogP contribution is -2.39. The maximum atomic E-state index is 13.0. The number of methoxy groups -OCH3 is 1. The van der Waals surface area contributed by atoms with Gasteiger partial charge in [-0.2, -0.15) is 0 Å². The van der Waals surface area contributed by atoms with Crippen molar-refractivity contribution in [3.05, 3.63) is 65.5 Å². The van der Waals surface area contributed by atoms with Gasteiger partial charge in [0.05, 0.1) is 31.9 Å². The Hall–Kier alpha value is -3.23. The van der Waals surface area contributed by atoms with Crippen LogP contribution in [0.4, 0.5) is 0 Å². The fourth-order valence-corrected chi connectivity index (χ4v) is 4.21. The lowest BCUT2D eigenvalue weighted by Gasteiger charge is -2.29. The first-order valence-electron chi connectivity index (χ1n) is 10.7. The number of aromatic nitrogens is 1. The highest BCUT2D eigenvalue weighted by Crippen LogP contribution is 2.39. The van der Waals surface area contributed by atoms with Gasteiger partial charge in [-0.05, 0) is 30.2 Å². The molecule has 0 spiro atoms. The van der Waals surface area contributed by atoms with Crippen LogP contribution in [0.15, 0.2) is 54.4 Å². The molecule has 0 bridgehead atoms. The molecule has 0 aliphatic carbocycles. The Labute approximate surface area is 187 Å². The lowest BCUT2D eigenvalue weighted by molar-refractivity contribution is -0.140. The first-order chi connectivity index (χ1) is 15.6. The molecule has 2 aromatic rings. The van der Waals surface area contributed by atoms with Crippen molar-refractivity contribution in [2.24, 2.45) is 0 Å². The highest BCUT2D eigenvalue weighted by atomic mass is 16.5. The number of aliphatic hydroxyl groups is 1. The third kappa shape index (κ3) is 4.51. The van der Waals surface area contributed by atoms with Crippen LogP contribution in [-0.4, -0.2) is 78.1 Å². The minimum atomic E-state index is -0.695. The van der Waals surface area contributed by atoms with E-state index < -0.39 is 17.7 Å². The maximum absolute atomic E-state index is 13.0. The number of hydrogen-bond donors (Lipinski definition) is 1. The minimum absolute atomic E-state index is 0.0719. The van der Waals surface area contributed by atoms with Gasteiger partial charge in [0.15, 0.2) is 0 Å². The second-order valence-corrected chi connectivity index (χ2v) is 7.82. The molecule has 4 rings (SSSR count). The standard InChI is InChI=1S/C24H27N3O5/c1-31-19-7-2-5-17(15-19)22(28)20-21(18-6-3-8-25-16-18)27(24(30)23(20)29)10-4-9-26-11-13-32-14-12-26/h2-3,5-8,15-16,21,28H,4,9-14H2,1H3/b22-20+/t21-/m0/s1. The van der Waals surface area contributed by atoms with E-state index in [1.165, 1.54) is 7.11 Å². The average molecular weight is 437 g/mol. The average Bonchev–Trinajstić information content (AvgIpc) is 3.10. The number of carbonyl (C=O) groups is 2. The van der Waals surface area contributed by atoms with E-state index in [9.17, 15) is 14.7 Å². The van der Waals surface area contributed by atoms with E-state index >= 15 is 0 Å². The Morgan fingerprint density at radius 1 is 1.19 bits per heavy atom. The number of nitrogens with zero attached hydrogens (tertiary/aromatic N) is 3. The van der Waals surface area contributed by atoms with Gasteiger partial charge in [0.25, 0.3) is 11.7 Å². The van der Waals surface area contributed by atoms with Crippen LogP contribution in [0.3, 0.4) is 0 Å². The van der Waals surface area contributed by atoms with E-state index in [2.05, 4.69) is 9.88 Å². The van der Waals surface area contributed by atoms with Gasteiger partial charge in [-0.3, -0.25) is 19.5 Å². The van der Waals surface area contributed by atoms with E-state index in [1.54, 1.807) is 47.6 Å². The molecular formula is C24H27N3O5. The summed E-state index contributed by atoms with van der Waals surface area (Å²) in [5.74, 6) is -0.964. The highest BCUT2D eigenvalue weighted by molar-refractivity contribution is 6.46. The number of benzene rings is 1. The van der Waals surface area contributed by atoms with Crippen LogP contribution in [0, 0.1) is 0 Å². The predicted octanol–water partition coefficient (Wildman–Crippen LogP) is 2.23. The second-order valence-electron chi connectivity index (χ2n) is 7.82. The third-order valence-electron chi connectivity index (χ3n) is 5.86. The summed E-state index contributed by atoms with van der Waals surface area (Å²) < 4.78 is 10.6. The molecule has 1 aromatic heterocycles. The minimum Gasteiger partial charge on any atom is -0.507 e. The smallest absolute Gasteiger partial charge is 0.295 e. The molecule has 2 aliphatic rings. The Balaban J connectivity index is 1.65. The number of hydrogen-bond acceptors (Lipinski definition) is 7. The van der Waals surface area contributed by atoms with Crippen molar-refractivity contribution in [3.63, 3.8) is 0 Å². The maximum Gasteiger partial charge on any atom is 0.295 e. The van der Waals surface area contributed by atoms with Crippen LogP contribution in [0.25, 0.3) is 5.76 Å².